The van der Waals surface area contributed by atoms with Crippen molar-refractivity contribution in [3.63, 3.8) is 0 Å². The summed E-state index contributed by atoms with van der Waals surface area (Å²) in [6, 6.07) is 6.10. The van der Waals surface area contributed by atoms with Crippen LogP contribution in [0.5, 0.6) is 5.75 Å². The van der Waals surface area contributed by atoms with Gasteiger partial charge in [0.2, 0.25) is 0 Å². The predicted octanol–water partition coefficient (Wildman–Crippen LogP) is 3.56. The number of carbonyl (C=O) groups is 1. The number of nitrogens with one attached hydrogen (secondary N) is 1. The fraction of sp³-hybridized carbons (Fsp3) is 0.421. The first-order valence-corrected chi connectivity index (χ1v) is 11.3. The summed E-state index contributed by atoms with van der Waals surface area (Å²) in [4.78, 5) is 13.2. The van der Waals surface area contributed by atoms with Crippen molar-refractivity contribution in [3.05, 3.63) is 40.3 Å². The lowest BCUT2D eigenvalue weighted by atomic mass is 9.84. The fourth-order valence-electron chi connectivity index (χ4n) is 3.58. The van der Waals surface area contributed by atoms with E-state index in [1.165, 1.54) is 30.6 Å². The third-order valence-electron chi connectivity index (χ3n) is 4.91. The van der Waals surface area contributed by atoms with E-state index in [4.69, 9.17) is 10.5 Å². The van der Waals surface area contributed by atoms with Crippen molar-refractivity contribution in [1.82, 2.24) is 0 Å². The van der Waals surface area contributed by atoms with Gasteiger partial charge in [0, 0.05) is 4.88 Å². The molecule has 1 aliphatic carbocycles. The van der Waals surface area contributed by atoms with Gasteiger partial charge in [-0.1, -0.05) is 19.8 Å². The van der Waals surface area contributed by atoms with Crippen molar-refractivity contribution in [3.8, 4) is 5.75 Å². The Labute approximate surface area is 163 Å². The molecule has 3 N–H and O–H groups in total. The van der Waals surface area contributed by atoms with Gasteiger partial charge < -0.3 is 10.5 Å². The van der Waals surface area contributed by atoms with E-state index in [1.807, 2.05) is 0 Å². The molecule has 6 nitrogen and oxygen atoms in total. The number of fused-ring (bicyclic) bond motifs is 1. The summed E-state index contributed by atoms with van der Waals surface area (Å²) >= 11 is 1.33. The maximum atomic E-state index is 12.8. The highest BCUT2D eigenvalue weighted by Crippen LogP contribution is 2.41. The minimum atomic E-state index is -3.82. The maximum absolute atomic E-state index is 12.8. The van der Waals surface area contributed by atoms with Crippen molar-refractivity contribution >= 4 is 32.3 Å². The number of hydrogen-bond acceptors (Lipinski definition) is 5. The number of thiophene rings is 1. The maximum Gasteiger partial charge on any atom is 0.262 e. The minimum absolute atomic E-state index is 0.106. The second-order valence-electron chi connectivity index (χ2n) is 6.75. The van der Waals surface area contributed by atoms with Crippen LogP contribution in [-0.4, -0.2) is 21.4 Å². The van der Waals surface area contributed by atoms with E-state index in [0.29, 0.717) is 22.2 Å². The van der Waals surface area contributed by atoms with Gasteiger partial charge in [-0.05, 0) is 55.0 Å². The second kappa shape index (κ2) is 7.90. The van der Waals surface area contributed by atoms with Gasteiger partial charge in [-0.15, -0.1) is 11.3 Å². The van der Waals surface area contributed by atoms with Crippen LogP contribution in [-0.2, 0) is 22.9 Å². The molecule has 8 heteroatoms. The molecule has 1 atom stereocenters. The molecule has 0 spiro atoms. The van der Waals surface area contributed by atoms with Crippen LogP contribution < -0.4 is 15.2 Å². The van der Waals surface area contributed by atoms with E-state index in [-0.39, 0.29) is 4.90 Å². The third-order valence-corrected chi connectivity index (χ3v) is 7.57. The predicted molar refractivity (Wildman–Crippen MR) is 107 cm³/mol. The average Bonchev–Trinajstić information content (AvgIpc) is 2.98. The second-order valence-corrected chi connectivity index (χ2v) is 9.54. The Bertz CT molecular complexity index is 933. The molecule has 0 bridgehead atoms. The number of methoxy groups -OCH3 is 1. The molecule has 1 aliphatic rings. The summed E-state index contributed by atoms with van der Waals surface area (Å²) in [5, 5.41) is 0.320. The molecular formula is C19H24N2O4S2. The molecule has 2 aromatic rings. The van der Waals surface area contributed by atoms with Crippen LogP contribution in [0.4, 0.5) is 5.00 Å². The number of amides is 1. The quantitative estimate of drug-likeness (QED) is 0.732. The summed E-state index contributed by atoms with van der Waals surface area (Å²) in [5.74, 6) is 0.558. The lowest BCUT2D eigenvalue weighted by molar-refractivity contribution is 0.1000. The summed E-state index contributed by atoms with van der Waals surface area (Å²) < 4.78 is 33.2. The Morgan fingerprint density at radius 2 is 2.04 bits per heavy atom. The highest BCUT2D eigenvalue weighted by Gasteiger charge is 2.29. The molecule has 0 radical (unpaired) electrons. The highest BCUT2D eigenvalue weighted by molar-refractivity contribution is 7.93. The zero-order chi connectivity index (χ0) is 19.6. The van der Waals surface area contributed by atoms with E-state index in [9.17, 15) is 13.2 Å². The minimum Gasteiger partial charge on any atom is -0.497 e. The largest absolute Gasteiger partial charge is 0.497 e. The van der Waals surface area contributed by atoms with Gasteiger partial charge in [-0.3, -0.25) is 9.52 Å². The summed E-state index contributed by atoms with van der Waals surface area (Å²) in [6.07, 6.45) is 4.89. The number of rotatable bonds is 7. The van der Waals surface area contributed by atoms with Crippen LogP contribution in [0.1, 0.15) is 47.0 Å². The standard InChI is InChI=1S/C19H24N2O4S2/c1-3-4-12-5-10-15-16(11-12)26-19(17(15)18(20)22)21-27(23,24)14-8-6-13(25-2)7-9-14/h6-9,12,21H,3-5,10-11H2,1-2H3,(H2,20,22). The third kappa shape index (κ3) is 4.11. The highest BCUT2D eigenvalue weighted by atomic mass is 32.2. The van der Waals surface area contributed by atoms with Crippen LogP contribution in [0.15, 0.2) is 29.2 Å². The first-order chi connectivity index (χ1) is 12.9. The number of anilines is 1. The molecule has 1 aromatic heterocycles. The van der Waals surface area contributed by atoms with Crippen molar-refractivity contribution < 1.29 is 17.9 Å². The van der Waals surface area contributed by atoms with Crippen molar-refractivity contribution in [1.29, 1.82) is 0 Å². The number of hydrogen-bond donors (Lipinski definition) is 2. The van der Waals surface area contributed by atoms with Crippen LogP contribution in [0.25, 0.3) is 0 Å². The Morgan fingerprint density at radius 3 is 2.63 bits per heavy atom. The van der Waals surface area contributed by atoms with Crippen molar-refractivity contribution in [2.24, 2.45) is 11.7 Å². The summed E-state index contributed by atoms with van der Waals surface area (Å²) in [6.45, 7) is 2.16. The smallest absolute Gasteiger partial charge is 0.262 e. The zero-order valence-electron chi connectivity index (χ0n) is 15.4. The van der Waals surface area contributed by atoms with E-state index in [2.05, 4.69) is 11.6 Å². The van der Waals surface area contributed by atoms with Gasteiger partial charge in [0.05, 0.1) is 17.6 Å². The first-order valence-electron chi connectivity index (χ1n) is 8.97. The molecule has 1 aromatic carbocycles. The first kappa shape index (κ1) is 19.7. The van der Waals surface area contributed by atoms with Crippen LogP contribution in [0.2, 0.25) is 0 Å². The lowest BCUT2D eigenvalue weighted by Crippen LogP contribution is -2.20. The molecule has 1 amide bonds. The molecule has 1 heterocycles. The SMILES string of the molecule is CCCC1CCc2c(sc(NS(=O)(=O)c3ccc(OC)cc3)c2C(N)=O)C1. The number of ether oxygens (including phenoxy) is 1. The molecule has 0 fully saturated rings. The summed E-state index contributed by atoms with van der Waals surface area (Å²) in [7, 11) is -2.30. The molecule has 27 heavy (non-hydrogen) atoms. The monoisotopic (exact) mass is 408 g/mol. The molecule has 3 rings (SSSR count). The Hall–Kier alpha value is -2.06. The Kier molecular flexibility index (Phi) is 5.76. The van der Waals surface area contributed by atoms with E-state index >= 15 is 0 Å². The Morgan fingerprint density at radius 1 is 1.33 bits per heavy atom. The number of benzene rings is 1. The lowest BCUT2D eigenvalue weighted by Gasteiger charge is -2.21. The van der Waals surface area contributed by atoms with Gasteiger partial charge in [-0.2, -0.15) is 0 Å². The number of primary amides is 1. The fourth-order valence-corrected chi connectivity index (χ4v) is 6.25. The number of sulfonamides is 1. The molecule has 0 aliphatic heterocycles. The van der Waals surface area contributed by atoms with E-state index in [1.54, 1.807) is 12.1 Å². The van der Waals surface area contributed by atoms with Gasteiger partial charge in [-0.25, -0.2) is 8.42 Å². The molecule has 0 saturated heterocycles. The molecule has 0 saturated carbocycles. The van der Waals surface area contributed by atoms with Crippen LogP contribution in [0, 0.1) is 5.92 Å². The molecular weight excluding hydrogens is 384 g/mol. The van der Waals surface area contributed by atoms with Crippen molar-refractivity contribution in [2.45, 2.75) is 43.9 Å². The van der Waals surface area contributed by atoms with Crippen LogP contribution >= 0.6 is 11.3 Å². The van der Waals surface area contributed by atoms with E-state index < -0.39 is 15.9 Å². The Balaban J connectivity index is 1.93. The van der Waals surface area contributed by atoms with Gasteiger partial charge in [0.1, 0.15) is 10.8 Å². The molecule has 1 unspecified atom stereocenters. The normalized spacial score (nSPS) is 16.6. The zero-order valence-corrected chi connectivity index (χ0v) is 17.1. The van der Waals surface area contributed by atoms with Gasteiger partial charge >= 0.3 is 0 Å². The van der Waals surface area contributed by atoms with E-state index in [0.717, 1.165) is 42.5 Å². The van der Waals surface area contributed by atoms with Crippen LogP contribution in [0.3, 0.4) is 0 Å². The topological polar surface area (TPSA) is 98.5 Å². The number of nitrogens with two attached hydrogens (primary N) is 1. The van der Waals surface area contributed by atoms with Gasteiger partial charge in [0.25, 0.3) is 15.9 Å². The average molecular weight is 409 g/mol. The molecule has 146 valence electrons. The summed E-state index contributed by atoms with van der Waals surface area (Å²) in [5.41, 5.74) is 6.82. The number of carbonyl (C=O) groups excluding carboxylic acids is 1. The van der Waals surface area contributed by atoms with Crippen molar-refractivity contribution in [2.75, 3.05) is 11.8 Å². The van der Waals surface area contributed by atoms with Gasteiger partial charge in [0.15, 0.2) is 0 Å².